The largest absolute Gasteiger partial charge is 0.548 e. The quantitative estimate of drug-likeness (QED) is 0.521. The fraction of sp³-hybridized carbons (Fsp3) is 0.875. The van der Waals surface area contributed by atoms with Gasteiger partial charge in [-0.05, 0) is 19.9 Å². The molecule has 3 heteroatoms. The van der Waals surface area contributed by atoms with Gasteiger partial charge < -0.3 is 9.90 Å². The van der Waals surface area contributed by atoms with Crippen LogP contribution < -0.4 is 5.11 Å². The highest BCUT2D eigenvalue weighted by atomic mass is 16.4. The van der Waals surface area contributed by atoms with Gasteiger partial charge in [0, 0.05) is 6.04 Å². The number of unbranched alkanes of at least 4 members (excludes halogenated alkanes) is 1. The standard InChI is InChI=1S/C8H15NO2/c1-3-4-5-9-6(2)7(9)8(10)11/h6-7H,3-5H2,1-2H3,(H,10,11)/p-1/t6-,7-,9?/m0/s1. The maximum absolute atomic E-state index is 10.4. The lowest BCUT2D eigenvalue weighted by atomic mass is 10.3. The molecule has 0 amide bonds. The lowest BCUT2D eigenvalue weighted by Gasteiger charge is -2.01. The molecule has 1 heterocycles. The highest BCUT2D eigenvalue weighted by Gasteiger charge is 2.43. The Bertz CT molecular complexity index is 158. The molecule has 0 radical (unpaired) electrons. The van der Waals surface area contributed by atoms with Crippen molar-refractivity contribution in [2.75, 3.05) is 6.54 Å². The number of nitrogens with zero attached hydrogens (tertiary/aromatic N) is 1. The molecular formula is C8H14NO2-. The maximum atomic E-state index is 10.4. The summed E-state index contributed by atoms with van der Waals surface area (Å²) >= 11 is 0. The van der Waals surface area contributed by atoms with Crippen molar-refractivity contribution in [2.24, 2.45) is 0 Å². The van der Waals surface area contributed by atoms with E-state index in [1.165, 1.54) is 0 Å². The third kappa shape index (κ3) is 1.71. The number of carbonyl (C=O) groups is 1. The van der Waals surface area contributed by atoms with Crippen LogP contribution in [0.2, 0.25) is 0 Å². The highest BCUT2D eigenvalue weighted by Crippen LogP contribution is 2.27. The van der Waals surface area contributed by atoms with Gasteiger partial charge in [-0.3, -0.25) is 4.90 Å². The smallest absolute Gasteiger partial charge is 0.0651 e. The van der Waals surface area contributed by atoms with E-state index in [1.807, 2.05) is 11.8 Å². The second-order valence-electron chi connectivity index (χ2n) is 3.10. The molecule has 0 spiro atoms. The minimum atomic E-state index is -0.923. The summed E-state index contributed by atoms with van der Waals surface area (Å²) in [6.45, 7) is 4.93. The van der Waals surface area contributed by atoms with E-state index < -0.39 is 5.97 Å². The topological polar surface area (TPSA) is 43.1 Å². The van der Waals surface area contributed by atoms with E-state index in [2.05, 4.69) is 6.92 Å². The van der Waals surface area contributed by atoms with Gasteiger partial charge in [0.05, 0.1) is 12.0 Å². The van der Waals surface area contributed by atoms with E-state index >= 15 is 0 Å². The molecule has 0 aromatic heterocycles. The van der Waals surface area contributed by atoms with Gasteiger partial charge in [-0.2, -0.15) is 0 Å². The Hall–Kier alpha value is -0.570. The molecule has 1 aliphatic heterocycles. The summed E-state index contributed by atoms with van der Waals surface area (Å²) in [7, 11) is 0. The van der Waals surface area contributed by atoms with Crippen LogP contribution in [0.25, 0.3) is 0 Å². The van der Waals surface area contributed by atoms with Gasteiger partial charge in [0.15, 0.2) is 0 Å². The van der Waals surface area contributed by atoms with Crippen molar-refractivity contribution in [2.45, 2.75) is 38.8 Å². The summed E-state index contributed by atoms with van der Waals surface area (Å²) in [5, 5.41) is 10.4. The van der Waals surface area contributed by atoms with E-state index in [-0.39, 0.29) is 12.1 Å². The zero-order chi connectivity index (χ0) is 8.43. The minimum absolute atomic E-state index is 0.201. The first-order valence-electron chi connectivity index (χ1n) is 4.15. The number of carbonyl (C=O) groups excluding carboxylic acids is 1. The van der Waals surface area contributed by atoms with E-state index in [4.69, 9.17) is 0 Å². The molecule has 3 atom stereocenters. The number of carboxylic acid groups (broad SMARTS) is 1. The monoisotopic (exact) mass is 156 g/mol. The van der Waals surface area contributed by atoms with Gasteiger partial charge in [0.25, 0.3) is 0 Å². The van der Waals surface area contributed by atoms with Crippen LogP contribution in [0.4, 0.5) is 0 Å². The van der Waals surface area contributed by atoms with Crippen LogP contribution in [0.15, 0.2) is 0 Å². The average Bonchev–Trinajstić information content (AvgIpc) is 2.57. The second kappa shape index (κ2) is 3.22. The Morgan fingerprint density at radius 1 is 1.64 bits per heavy atom. The third-order valence-corrected chi connectivity index (χ3v) is 2.26. The Morgan fingerprint density at radius 3 is 2.64 bits per heavy atom. The number of aliphatic carboxylic acids is 1. The molecule has 0 aliphatic carbocycles. The van der Waals surface area contributed by atoms with Gasteiger partial charge in [-0.25, -0.2) is 0 Å². The van der Waals surface area contributed by atoms with Gasteiger partial charge in [-0.1, -0.05) is 13.3 Å². The second-order valence-corrected chi connectivity index (χ2v) is 3.10. The van der Waals surface area contributed by atoms with E-state index in [0.717, 1.165) is 19.4 Å². The number of carboxylic acids is 1. The Balaban J connectivity index is 2.24. The van der Waals surface area contributed by atoms with E-state index in [1.54, 1.807) is 0 Å². The van der Waals surface area contributed by atoms with Crippen LogP contribution >= 0.6 is 0 Å². The highest BCUT2D eigenvalue weighted by molar-refractivity contribution is 5.75. The first-order chi connectivity index (χ1) is 5.18. The number of hydrogen-bond acceptors (Lipinski definition) is 3. The fourth-order valence-corrected chi connectivity index (χ4v) is 1.42. The van der Waals surface area contributed by atoms with E-state index in [0.29, 0.717) is 0 Å². The molecule has 0 aromatic carbocycles. The Kier molecular flexibility index (Phi) is 2.49. The molecule has 1 unspecified atom stereocenters. The van der Waals surface area contributed by atoms with Crippen LogP contribution in [0.5, 0.6) is 0 Å². The average molecular weight is 156 g/mol. The SMILES string of the molecule is CCCCN1[C@H](C(=O)[O-])[C@@H]1C. The molecule has 0 N–H and O–H groups in total. The normalized spacial score (nSPS) is 35.3. The molecule has 64 valence electrons. The molecule has 1 rings (SSSR count). The van der Waals surface area contributed by atoms with Crippen molar-refractivity contribution in [1.29, 1.82) is 0 Å². The van der Waals surface area contributed by atoms with Crippen molar-refractivity contribution in [3.8, 4) is 0 Å². The molecule has 3 nitrogen and oxygen atoms in total. The molecule has 1 saturated heterocycles. The molecule has 1 aliphatic rings. The van der Waals surface area contributed by atoms with Crippen molar-refractivity contribution in [1.82, 2.24) is 4.90 Å². The van der Waals surface area contributed by atoms with Gasteiger partial charge in [0.1, 0.15) is 0 Å². The Morgan fingerprint density at radius 2 is 2.27 bits per heavy atom. The number of hydrogen-bond donors (Lipinski definition) is 0. The molecule has 1 fully saturated rings. The number of rotatable bonds is 4. The zero-order valence-corrected chi connectivity index (χ0v) is 7.04. The van der Waals surface area contributed by atoms with Crippen LogP contribution in [0, 0.1) is 0 Å². The third-order valence-electron chi connectivity index (χ3n) is 2.26. The van der Waals surface area contributed by atoms with Crippen molar-refractivity contribution >= 4 is 5.97 Å². The summed E-state index contributed by atoms with van der Waals surface area (Å²) in [6.07, 6.45) is 2.19. The molecule has 11 heavy (non-hydrogen) atoms. The first-order valence-corrected chi connectivity index (χ1v) is 4.15. The summed E-state index contributed by atoms with van der Waals surface area (Å²) < 4.78 is 0. The van der Waals surface area contributed by atoms with Gasteiger partial charge >= 0.3 is 0 Å². The van der Waals surface area contributed by atoms with Crippen LogP contribution in [0.3, 0.4) is 0 Å². The molecule has 0 bridgehead atoms. The minimum Gasteiger partial charge on any atom is -0.548 e. The van der Waals surface area contributed by atoms with Crippen LogP contribution in [0.1, 0.15) is 26.7 Å². The van der Waals surface area contributed by atoms with Gasteiger partial charge in [0.2, 0.25) is 0 Å². The summed E-state index contributed by atoms with van der Waals surface area (Å²) in [4.78, 5) is 12.3. The predicted octanol–water partition coefficient (Wildman–Crippen LogP) is -0.391. The Labute approximate surface area is 67.0 Å². The zero-order valence-electron chi connectivity index (χ0n) is 7.04. The van der Waals surface area contributed by atoms with Gasteiger partial charge in [-0.15, -0.1) is 0 Å². The maximum Gasteiger partial charge on any atom is 0.0651 e. The van der Waals surface area contributed by atoms with Crippen molar-refractivity contribution < 1.29 is 9.90 Å². The van der Waals surface area contributed by atoms with E-state index in [9.17, 15) is 9.90 Å². The molecular weight excluding hydrogens is 142 g/mol. The van der Waals surface area contributed by atoms with Crippen molar-refractivity contribution in [3.63, 3.8) is 0 Å². The molecule has 0 aromatic rings. The fourth-order valence-electron chi connectivity index (χ4n) is 1.42. The summed E-state index contributed by atoms with van der Waals surface area (Å²) in [5.41, 5.74) is 0. The first kappa shape index (κ1) is 8.53. The lowest BCUT2D eigenvalue weighted by molar-refractivity contribution is -0.305. The van der Waals surface area contributed by atoms with Crippen LogP contribution in [-0.4, -0.2) is 29.5 Å². The summed E-state index contributed by atoms with van der Waals surface area (Å²) in [6, 6.07) is -0.104. The van der Waals surface area contributed by atoms with Crippen LogP contribution in [-0.2, 0) is 4.79 Å². The summed E-state index contributed by atoms with van der Waals surface area (Å²) in [5.74, 6) is -0.923. The van der Waals surface area contributed by atoms with Crippen molar-refractivity contribution in [3.05, 3.63) is 0 Å². The molecule has 0 saturated carbocycles. The lowest BCUT2D eigenvalue weighted by Crippen LogP contribution is -2.30. The predicted molar refractivity (Wildman–Crippen MR) is 39.9 cm³/mol.